The first-order chi connectivity index (χ1) is 40.5. The molecule has 1 unspecified atom stereocenters. The maximum Gasteiger partial charge on any atom is 0.306 e. The average molecular weight is 1140 g/mol. The minimum atomic E-state index is -0.806. The maximum atomic E-state index is 12.9. The van der Waals surface area contributed by atoms with Crippen molar-refractivity contribution in [2.45, 2.75) is 316 Å². The minimum absolute atomic E-state index is 0.0973. The van der Waals surface area contributed by atoms with Crippen molar-refractivity contribution in [2.24, 2.45) is 0 Å². The minimum Gasteiger partial charge on any atom is -0.462 e. The topological polar surface area (TPSA) is 78.9 Å². The Labute approximate surface area is 506 Å². The van der Waals surface area contributed by atoms with E-state index < -0.39 is 6.10 Å². The van der Waals surface area contributed by atoms with Gasteiger partial charge in [0.1, 0.15) is 13.2 Å². The fraction of sp³-hybridized carbons (Fsp3) is 0.671. The van der Waals surface area contributed by atoms with E-state index in [1.807, 2.05) is 0 Å². The summed E-state index contributed by atoms with van der Waals surface area (Å²) in [5.74, 6) is -0.956. The molecule has 0 aliphatic carbocycles. The molecule has 0 rings (SSSR count). The van der Waals surface area contributed by atoms with Crippen LogP contribution >= 0.6 is 0 Å². The molecule has 0 saturated heterocycles. The monoisotopic (exact) mass is 1130 g/mol. The van der Waals surface area contributed by atoms with Crippen molar-refractivity contribution in [3.8, 4) is 0 Å². The Morgan fingerprint density at radius 2 is 0.488 bits per heavy atom. The third-order valence-electron chi connectivity index (χ3n) is 14.4. The predicted molar refractivity (Wildman–Crippen MR) is 357 cm³/mol. The molecule has 0 aliphatic heterocycles. The lowest BCUT2D eigenvalue weighted by molar-refractivity contribution is -0.167. The van der Waals surface area contributed by atoms with E-state index in [1.54, 1.807) is 0 Å². The molecule has 466 valence electrons. The van der Waals surface area contributed by atoms with Crippen molar-refractivity contribution in [2.75, 3.05) is 13.2 Å². The van der Waals surface area contributed by atoms with Gasteiger partial charge in [-0.25, -0.2) is 0 Å². The molecule has 0 spiro atoms. The molecule has 0 heterocycles. The molecule has 0 aromatic carbocycles. The molecule has 0 saturated carbocycles. The third kappa shape index (κ3) is 66.4. The molecular weight excluding hydrogens is 1010 g/mol. The predicted octanol–water partition coefficient (Wildman–Crippen LogP) is 23.7. The molecule has 6 heteroatoms. The van der Waals surface area contributed by atoms with Gasteiger partial charge in [-0.05, 0) is 116 Å². The molecule has 0 radical (unpaired) electrons. The Bertz CT molecular complexity index is 1730. The summed E-state index contributed by atoms with van der Waals surface area (Å²) in [6.07, 6.45) is 97.6. The largest absolute Gasteiger partial charge is 0.462 e. The van der Waals surface area contributed by atoms with Crippen LogP contribution in [0.5, 0.6) is 0 Å². The van der Waals surface area contributed by atoms with Gasteiger partial charge in [-0.1, -0.05) is 309 Å². The van der Waals surface area contributed by atoms with E-state index in [0.29, 0.717) is 19.3 Å². The van der Waals surface area contributed by atoms with Crippen LogP contribution in [0.15, 0.2) is 134 Å². The van der Waals surface area contributed by atoms with Gasteiger partial charge in [0.25, 0.3) is 0 Å². The summed E-state index contributed by atoms with van der Waals surface area (Å²) >= 11 is 0. The highest BCUT2D eigenvalue weighted by Gasteiger charge is 2.19. The Morgan fingerprint density at radius 1 is 0.256 bits per heavy atom. The highest BCUT2D eigenvalue weighted by molar-refractivity contribution is 5.71. The number of hydrogen-bond donors (Lipinski definition) is 0. The zero-order valence-corrected chi connectivity index (χ0v) is 53.5. The fourth-order valence-electron chi connectivity index (χ4n) is 9.30. The second-order valence-corrected chi connectivity index (χ2v) is 22.4. The van der Waals surface area contributed by atoms with Crippen LogP contribution < -0.4 is 0 Å². The second kappa shape index (κ2) is 69.0. The lowest BCUT2D eigenvalue weighted by Crippen LogP contribution is -2.30. The van der Waals surface area contributed by atoms with Crippen LogP contribution in [0, 0.1) is 0 Å². The molecule has 0 N–H and O–H groups in total. The first-order valence-electron chi connectivity index (χ1n) is 34.2. The normalized spacial score (nSPS) is 13.0. The summed E-state index contributed by atoms with van der Waals surface area (Å²) in [5, 5.41) is 0. The van der Waals surface area contributed by atoms with Crippen LogP contribution in [0.2, 0.25) is 0 Å². The second-order valence-electron chi connectivity index (χ2n) is 22.4. The van der Waals surface area contributed by atoms with Gasteiger partial charge in [-0.3, -0.25) is 14.4 Å². The number of ether oxygens (including phenoxy) is 3. The summed E-state index contributed by atoms with van der Waals surface area (Å²) in [6, 6.07) is 0. The van der Waals surface area contributed by atoms with E-state index in [-0.39, 0.29) is 37.5 Å². The van der Waals surface area contributed by atoms with Crippen LogP contribution in [0.4, 0.5) is 0 Å². The average Bonchev–Trinajstić information content (AvgIpc) is 3.47. The van der Waals surface area contributed by atoms with Crippen molar-refractivity contribution in [1.29, 1.82) is 0 Å². The van der Waals surface area contributed by atoms with Crippen LogP contribution in [0.1, 0.15) is 310 Å². The molecule has 0 aromatic rings. The number of carbonyl (C=O) groups excluding carboxylic acids is 3. The van der Waals surface area contributed by atoms with Crippen LogP contribution in [-0.4, -0.2) is 37.2 Å². The van der Waals surface area contributed by atoms with Crippen LogP contribution in [0.25, 0.3) is 0 Å². The standard InChI is InChI=1S/C76H126O6/c1-4-7-10-13-16-19-22-25-27-29-31-33-35-36-37-38-39-40-42-43-45-47-49-51-54-57-60-63-66-69-75(78)81-72-73(71-80-74(77)68-65-62-59-56-53-24-21-18-15-12-9-6-3)82-76(79)70-67-64-61-58-55-52-50-48-46-44-41-34-32-30-28-26-23-20-17-14-11-8-5-2/h7,10,16,19,23,25-27,30-33,36-37,39-40,43,45,49,51,57,60,73H,4-6,8-9,11-15,17-18,20-22,24,28-29,34-35,38,41-42,44,46-48,50,52-56,58-59,61-72H2,1-3H3/b10-7-,19-16-,26-23-,27-25-,32-30-,33-31-,37-36-,40-39-,45-43-,51-49-,60-57-. The number of carbonyl (C=O) groups is 3. The highest BCUT2D eigenvalue weighted by atomic mass is 16.6. The van der Waals surface area contributed by atoms with Crippen molar-refractivity contribution < 1.29 is 28.6 Å². The van der Waals surface area contributed by atoms with Crippen molar-refractivity contribution >= 4 is 17.9 Å². The molecule has 0 amide bonds. The Balaban J connectivity index is 4.41. The first-order valence-corrected chi connectivity index (χ1v) is 34.2. The van der Waals surface area contributed by atoms with E-state index in [9.17, 15) is 14.4 Å². The van der Waals surface area contributed by atoms with Gasteiger partial charge in [-0.15, -0.1) is 0 Å². The van der Waals surface area contributed by atoms with Crippen LogP contribution in [-0.2, 0) is 28.6 Å². The molecule has 6 nitrogen and oxygen atoms in total. The van der Waals surface area contributed by atoms with Gasteiger partial charge < -0.3 is 14.2 Å². The molecular formula is C76H126O6. The van der Waals surface area contributed by atoms with Gasteiger partial charge in [0.2, 0.25) is 0 Å². The Hall–Kier alpha value is -4.45. The summed E-state index contributed by atoms with van der Waals surface area (Å²) in [5.41, 5.74) is 0. The summed E-state index contributed by atoms with van der Waals surface area (Å²) in [6.45, 7) is 6.48. The molecule has 0 bridgehead atoms. The van der Waals surface area contributed by atoms with E-state index in [0.717, 1.165) is 109 Å². The zero-order chi connectivity index (χ0) is 59.2. The Morgan fingerprint density at radius 3 is 0.793 bits per heavy atom. The molecule has 0 aliphatic rings. The SMILES string of the molecule is CC/C=C\C/C=C\C/C=C\C/C=C\C/C=C\C/C=C\C/C=C\C/C=C\C/C=C\CCCC(=O)OCC(COC(=O)CCCCCCCCCCCCCC)OC(=O)CCCCCCCCCCCCC/C=C\C/C=C\CCCCCCC. The number of unbranched alkanes of at least 4 members (excludes halogenated alkanes) is 28. The van der Waals surface area contributed by atoms with E-state index in [2.05, 4.69) is 154 Å². The zero-order valence-electron chi connectivity index (χ0n) is 53.5. The summed E-state index contributed by atoms with van der Waals surface area (Å²) < 4.78 is 16.9. The van der Waals surface area contributed by atoms with E-state index >= 15 is 0 Å². The van der Waals surface area contributed by atoms with Gasteiger partial charge in [0.15, 0.2) is 6.10 Å². The maximum absolute atomic E-state index is 12.9. The van der Waals surface area contributed by atoms with Gasteiger partial charge in [0.05, 0.1) is 0 Å². The number of rotatable bonds is 61. The molecule has 1 atom stereocenters. The van der Waals surface area contributed by atoms with E-state index in [4.69, 9.17) is 14.2 Å². The van der Waals surface area contributed by atoms with Crippen molar-refractivity contribution in [3.63, 3.8) is 0 Å². The van der Waals surface area contributed by atoms with E-state index in [1.165, 1.54) is 154 Å². The van der Waals surface area contributed by atoms with Gasteiger partial charge in [0, 0.05) is 19.3 Å². The quantitative estimate of drug-likeness (QED) is 0.0261. The summed E-state index contributed by atoms with van der Waals surface area (Å²) in [4.78, 5) is 38.3. The van der Waals surface area contributed by atoms with Crippen molar-refractivity contribution in [1.82, 2.24) is 0 Å². The molecule has 0 aromatic heterocycles. The number of esters is 3. The fourth-order valence-corrected chi connectivity index (χ4v) is 9.30. The third-order valence-corrected chi connectivity index (χ3v) is 14.4. The smallest absolute Gasteiger partial charge is 0.306 e. The first kappa shape index (κ1) is 77.5. The lowest BCUT2D eigenvalue weighted by Gasteiger charge is -2.18. The van der Waals surface area contributed by atoms with Crippen LogP contribution in [0.3, 0.4) is 0 Å². The van der Waals surface area contributed by atoms with Gasteiger partial charge in [-0.2, -0.15) is 0 Å². The van der Waals surface area contributed by atoms with Crippen molar-refractivity contribution in [3.05, 3.63) is 134 Å². The molecule has 82 heavy (non-hydrogen) atoms. The number of hydrogen-bond acceptors (Lipinski definition) is 6. The van der Waals surface area contributed by atoms with Gasteiger partial charge >= 0.3 is 17.9 Å². The number of allylic oxidation sites excluding steroid dienone is 22. The molecule has 0 fully saturated rings. The summed E-state index contributed by atoms with van der Waals surface area (Å²) in [7, 11) is 0. The highest BCUT2D eigenvalue weighted by Crippen LogP contribution is 2.16. The Kier molecular flexibility index (Phi) is 65.3. The lowest BCUT2D eigenvalue weighted by atomic mass is 10.0.